The molecule has 28 heavy (non-hydrogen) atoms. The first-order valence-corrected chi connectivity index (χ1v) is 8.41. The molecule has 1 aromatic heterocycles. The average molecular weight is 386 g/mol. The molecule has 8 heteroatoms. The van der Waals surface area contributed by atoms with Crippen molar-refractivity contribution >= 4 is 17.4 Å². The Morgan fingerprint density at radius 1 is 1.00 bits per heavy atom. The number of hydrogen-bond donors (Lipinski definition) is 2. The van der Waals surface area contributed by atoms with Crippen LogP contribution in [-0.2, 0) is 12.7 Å². The summed E-state index contributed by atoms with van der Waals surface area (Å²) in [5, 5.41) is 5.63. The SMILES string of the molecule is Cc1ccc(CNC(=O)c2cc(Nc3ccc(C(F)(F)F)cc3)ncn2)cc1. The Morgan fingerprint density at radius 3 is 2.32 bits per heavy atom. The number of alkyl halides is 3. The van der Waals surface area contributed by atoms with E-state index in [1.54, 1.807) is 0 Å². The van der Waals surface area contributed by atoms with Gasteiger partial charge in [-0.1, -0.05) is 29.8 Å². The normalized spacial score (nSPS) is 11.1. The average Bonchev–Trinajstić information content (AvgIpc) is 2.67. The standard InChI is InChI=1S/C20H17F3N4O/c1-13-2-4-14(5-3-13)11-24-19(28)17-10-18(26-12-25-17)27-16-8-6-15(7-9-16)20(21,22)23/h2-10,12H,11H2,1H3,(H,24,28)(H,25,26,27). The van der Waals surface area contributed by atoms with Crippen LogP contribution < -0.4 is 10.6 Å². The zero-order valence-electron chi connectivity index (χ0n) is 14.9. The molecule has 0 aliphatic carbocycles. The zero-order chi connectivity index (χ0) is 20.1. The summed E-state index contributed by atoms with van der Waals surface area (Å²) in [5.74, 6) is -0.0753. The second-order valence-electron chi connectivity index (χ2n) is 6.16. The number of hydrogen-bond acceptors (Lipinski definition) is 4. The van der Waals surface area contributed by atoms with Gasteiger partial charge in [0, 0.05) is 18.3 Å². The van der Waals surface area contributed by atoms with Gasteiger partial charge in [-0.15, -0.1) is 0 Å². The third kappa shape index (κ3) is 5.06. The molecule has 0 fully saturated rings. The van der Waals surface area contributed by atoms with Gasteiger partial charge in [-0.05, 0) is 36.8 Å². The van der Waals surface area contributed by atoms with E-state index in [0.717, 1.165) is 23.3 Å². The van der Waals surface area contributed by atoms with Gasteiger partial charge in [-0.2, -0.15) is 13.2 Å². The highest BCUT2D eigenvalue weighted by Crippen LogP contribution is 2.30. The van der Waals surface area contributed by atoms with Crippen molar-refractivity contribution in [3.05, 3.63) is 83.3 Å². The fourth-order valence-electron chi connectivity index (χ4n) is 2.42. The number of halogens is 3. The number of amides is 1. The van der Waals surface area contributed by atoms with E-state index in [-0.39, 0.29) is 11.6 Å². The maximum atomic E-state index is 12.6. The fraction of sp³-hybridized carbons (Fsp3) is 0.150. The van der Waals surface area contributed by atoms with E-state index in [9.17, 15) is 18.0 Å². The van der Waals surface area contributed by atoms with Crippen LogP contribution in [0, 0.1) is 6.92 Å². The van der Waals surface area contributed by atoms with Crippen LogP contribution in [0.15, 0.2) is 60.9 Å². The molecule has 3 aromatic rings. The molecule has 5 nitrogen and oxygen atoms in total. The molecule has 0 saturated heterocycles. The number of rotatable bonds is 5. The van der Waals surface area contributed by atoms with Crippen LogP contribution in [0.2, 0.25) is 0 Å². The van der Waals surface area contributed by atoms with Gasteiger partial charge >= 0.3 is 6.18 Å². The summed E-state index contributed by atoms with van der Waals surface area (Å²) in [6, 6.07) is 13.7. The van der Waals surface area contributed by atoms with Crippen molar-refractivity contribution < 1.29 is 18.0 Å². The topological polar surface area (TPSA) is 66.9 Å². The fourth-order valence-corrected chi connectivity index (χ4v) is 2.42. The van der Waals surface area contributed by atoms with Crippen molar-refractivity contribution in [1.29, 1.82) is 0 Å². The second-order valence-corrected chi connectivity index (χ2v) is 6.16. The third-order valence-electron chi connectivity index (χ3n) is 3.96. The first kappa shape index (κ1) is 19.3. The Labute approximate surface area is 159 Å². The van der Waals surface area contributed by atoms with Gasteiger partial charge in [0.15, 0.2) is 0 Å². The Morgan fingerprint density at radius 2 is 1.68 bits per heavy atom. The first-order chi connectivity index (χ1) is 13.3. The summed E-state index contributed by atoms with van der Waals surface area (Å²) in [6.45, 7) is 2.33. The molecule has 0 unspecified atom stereocenters. The van der Waals surface area contributed by atoms with E-state index < -0.39 is 11.7 Å². The number of aromatic nitrogens is 2. The molecule has 0 atom stereocenters. The molecule has 0 saturated carbocycles. The van der Waals surface area contributed by atoms with E-state index in [0.29, 0.717) is 18.1 Å². The molecular weight excluding hydrogens is 369 g/mol. The molecule has 3 rings (SSSR count). The molecular formula is C20H17F3N4O. The van der Waals surface area contributed by atoms with E-state index in [4.69, 9.17) is 0 Å². The number of nitrogens with one attached hydrogen (secondary N) is 2. The van der Waals surface area contributed by atoms with Crippen molar-refractivity contribution in [1.82, 2.24) is 15.3 Å². The lowest BCUT2D eigenvalue weighted by atomic mass is 10.1. The van der Waals surface area contributed by atoms with Crippen molar-refractivity contribution in [3.63, 3.8) is 0 Å². The number of anilines is 2. The Kier molecular flexibility index (Phi) is 5.58. The molecule has 0 aliphatic rings. The summed E-state index contributed by atoms with van der Waals surface area (Å²) in [5.41, 5.74) is 1.91. The number of benzene rings is 2. The van der Waals surface area contributed by atoms with Crippen LogP contribution in [0.4, 0.5) is 24.7 Å². The van der Waals surface area contributed by atoms with Crippen LogP contribution in [0.1, 0.15) is 27.2 Å². The smallest absolute Gasteiger partial charge is 0.347 e. The molecule has 144 valence electrons. The number of carbonyl (C=O) groups excluding carboxylic acids is 1. The third-order valence-corrected chi connectivity index (χ3v) is 3.96. The Bertz CT molecular complexity index is 954. The van der Waals surface area contributed by atoms with Gasteiger partial charge in [-0.3, -0.25) is 4.79 Å². The predicted octanol–water partition coefficient (Wildman–Crippen LogP) is 4.48. The van der Waals surface area contributed by atoms with Crippen LogP contribution >= 0.6 is 0 Å². The van der Waals surface area contributed by atoms with Gasteiger partial charge in [0.2, 0.25) is 0 Å². The van der Waals surface area contributed by atoms with Gasteiger partial charge < -0.3 is 10.6 Å². The molecule has 2 N–H and O–H groups in total. The minimum atomic E-state index is -4.39. The van der Waals surface area contributed by atoms with Crippen molar-refractivity contribution in [2.45, 2.75) is 19.6 Å². The molecule has 1 heterocycles. The largest absolute Gasteiger partial charge is 0.416 e. The summed E-state index contributed by atoms with van der Waals surface area (Å²) < 4.78 is 37.9. The molecule has 2 aromatic carbocycles. The Balaban J connectivity index is 1.64. The lowest BCUT2D eigenvalue weighted by Gasteiger charge is -2.10. The van der Waals surface area contributed by atoms with Gasteiger partial charge in [0.05, 0.1) is 5.56 Å². The summed E-state index contributed by atoms with van der Waals surface area (Å²) in [4.78, 5) is 20.2. The van der Waals surface area contributed by atoms with E-state index in [1.165, 1.54) is 24.5 Å². The molecule has 0 aliphatic heterocycles. The van der Waals surface area contributed by atoms with Crippen molar-refractivity contribution in [3.8, 4) is 0 Å². The van der Waals surface area contributed by atoms with Crippen LogP contribution in [0.5, 0.6) is 0 Å². The first-order valence-electron chi connectivity index (χ1n) is 8.41. The number of aryl methyl sites for hydroxylation is 1. The Hall–Kier alpha value is -3.42. The predicted molar refractivity (Wildman–Crippen MR) is 99.1 cm³/mol. The lowest BCUT2D eigenvalue weighted by Crippen LogP contribution is -2.24. The van der Waals surface area contributed by atoms with Crippen LogP contribution in [0.25, 0.3) is 0 Å². The highest BCUT2D eigenvalue weighted by molar-refractivity contribution is 5.92. The van der Waals surface area contributed by atoms with Crippen LogP contribution in [0.3, 0.4) is 0 Å². The summed E-state index contributed by atoms with van der Waals surface area (Å²) in [6.07, 6.45) is -3.18. The monoisotopic (exact) mass is 386 g/mol. The van der Waals surface area contributed by atoms with E-state index >= 15 is 0 Å². The van der Waals surface area contributed by atoms with E-state index in [2.05, 4.69) is 20.6 Å². The molecule has 1 amide bonds. The van der Waals surface area contributed by atoms with Crippen molar-refractivity contribution in [2.75, 3.05) is 5.32 Å². The number of nitrogens with zero attached hydrogens (tertiary/aromatic N) is 2. The minimum absolute atomic E-state index is 0.150. The maximum absolute atomic E-state index is 12.6. The molecule has 0 spiro atoms. The van der Waals surface area contributed by atoms with Crippen LogP contribution in [-0.4, -0.2) is 15.9 Å². The highest BCUT2D eigenvalue weighted by Gasteiger charge is 2.29. The summed E-state index contributed by atoms with van der Waals surface area (Å²) in [7, 11) is 0. The minimum Gasteiger partial charge on any atom is -0.347 e. The zero-order valence-corrected chi connectivity index (χ0v) is 14.9. The second kappa shape index (κ2) is 8.08. The van der Waals surface area contributed by atoms with Gasteiger partial charge in [0.25, 0.3) is 5.91 Å². The molecule has 0 bridgehead atoms. The van der Waals surface area contributed by atoms with Gasteiger partial charge in [-0.25, -0.2) is 9.97 Å². The number of carbonyl (C=O) groups is 1. The molecule has 0 radical (unpaired) electrons. The highest BCUT2D eigenvalue weighted by atomic mass is 19.4. The van der Waals surface area contributed by atoms with E-state index in [1.807, 2.05) is 31.2 Å². The summed E-state index contributed by atoms with van der Waals surface area (Å²) >= 11 is 0. The van der Waals surface area contributed by atoms with Gasteiger partial charge in [0.1, 0.15) is 17.8 Å². The van der Waals surface area contributed by atoms with Crippen molar-refractivity contribution in [2.24, 2.45) is 0 Å². The lowest BCUT2D eigenvalue weighted by molar-refractivity contribution is -0.137. The maximum Gasteiger partial charge on any atom is 0.416 e. The quantitative estimate of drug-likeness (QED) is 0.679.